The van der Waals surface area contributed by atoms with Crippen LogP contribution in [-0.2, 0) is 11.3 Å². The number of aromatic nitrogens is 1. The van der Waals surface area contributed by atoms with Crippen LogP contribution in [0.1, 0.15) is 45.4 Å². The molecule has 4 aliphatic rings. The van der Waals surface area contributed by atoms with Gasteiger partial charge in [-0.25, -0.2) is 0 Å². The molecule has 4 bridgehead atoms. The molecule has 144 valence electrons. The summed E-state index contributed by atoms with van der Waals surface area (Å²) in [6, 6.07) is 15.0. The van der Waals surface area contributed by atoms with Crippen LogP contribution in [0.15, 0.2) is 42.5 Å². The van der Waals surface area contributed by atoms with Gasteiger partial charge >= 0.3 is 0 Å². The highest BCUT2D eigenvalue weighted by Gasteiger charge is 2.54. The van der Waals surface area contributed by atoms with Gasteiger partial charge in [0.2, 0.25) is 5.91 Å². The third kappa shape index (κ3) is 2.31. The zero-order valence-corrected chi connectivity index (χ0v) is 16.6. The summed E-state index contributed by atoms with van der Waals surface area (Å²) in [7, 11) is 0. The van der Waals surface area contributed by atoms with Gasteiger partial charge in [-0.2, -0.15) is 0 Å². The van der Waals surface area contributed by atoms with Gasteiger partial charge in [0.15, 0.2) is 0 Å². The normalized spacial score (nSPS) is 31.0. The van der Waals surface area contributed by atoms with E-state index in [1.54, 1.807) is 0 Å². The molecule has 3 nitrogen and oxygen atoms in total. The molecule has 0 atom stereocenters. The molecule has 2 aromatic carbocycles. The average molecular weight is 373 g/mol. The predicted octanol–water partition coefficient (Wildman–Crippen LogP) is 5.97. The first-order valence-electron chi connectivity index (χ1n) is 11.0. The average Bonchev–Trinajstić information content (AvgIpc) is 3.00. The SMILES string of the molecule is CCn1c2ccccc2c2ccc(NC(=O)C34CC5CC(CC(C5)C3)C4)cc21. The van der Waals surface area contributed by atoms with Crippen molar-refractivity contribution in [3.8, 4) is 0 Å². The third-order valence-electron chi connectivity index (χ3n) is 7.87. The maximum absolute atomic E-state index is 13.4. The molecule has 1 heterocycles. The highest BCUT2D eigenvalue weighted by molar-refractivity contribution is 6.09. The standard InChI is InChI=1S/C25H28N2O/c1-2-27-22-6-4-3-5-20(22)21-8-7-19(12-23(21)27)26-24(28)25-13-16-9-17(14-25)11-18(10-16)15-25/h3-8,12,16-18H,2,9-11,13-15H2,1H3,(H,26,28). The lowest BCUT2D eigenvalue weighted by atomic mass is 9.49. The van der Waals surface area contributed by atoms with Crippen molar-refractivity contribution in [2.45, 2.75) is 52.0 Å². The van der Waals surface area contributed by atoms with Crippen molar-refractivity contribution in [2.75, 3.05) is 5.32 Å². The lowest BCUT2D eigenvalue weighted by molar-refractivity contribution is -0.140. The van der Waals surface area contributed by atoms with Gasteiger partial charge in [0.05, 0.1) is 10.9 Å². The van der Waals surface area contributed by atoms with Gasteiger partial charge < -0.3 is 9.88 Å². The second-order valence-electron chi connectivity index (χ2n) is 9.65. The number of hydrogen-bond acceptors (Lipinski definition) is 1. The molecule has 7 rings (SSSR count). The molecule has 4 saturated carbocycles. The highest BCUT2D eigenvalue weighted by atomic mass is 16.2. The Morgan fingerprint density at radius 3 is 2.29 bits per heavy atom. The fourth-order valence-electron chi connectivity index (χ4n) is 7.12. The lowest BCUT2D eigenvalue weighted by Gasteiger charge is -2.55. The Kier molecular flexibility index (Phi) is 3.48. The first-order valence-corrected chi connectivity index (χ1v) is 11.0. The van der Waals surface area contributed by atoms with E-state index in [1.165, 1.54) is 41.1 Å². The third-order valence-corrected chi connectivity index (χ3v) is 7.87. The number of rotatable bonds is 3. The van der Waals surface area contributed by atoms with E-state index in [4.69, 9.17) is 0 Å². The summed E-state index contributed by atoms with van der Waals surface area (Å²) in [4.78, 5) is 13.4. The van der Waals surface area contributed by atoms with Crippen molar-refractivity contribution in [3.05, 3.63) is 42.5 Å². The summed E-state index contributed by atoms with van der Waals surface area (Å²) in [5, 5.41) is 5.89. The molecule has 28 heavy (non-hydrogen) atoms. The van der Waals surface area contributed by atoms with Crippen molar-refractivity contribution < 1.29 is 4.79 Å². The van der Waals surface area contributed by atoms with Crippen LogP contribution in [-0.4, -0.2) is 10.5 Å². The van der Waals surface area contributed by atoms with Crippen molar-refractivity contribution in [1.82, 2.24) is 4.57 Å². The van der Waals surface area contributed by atoms with Gasteiger partial charge in [-0.15, -0.1) is 0 Å². The Labute approximate surface area is 166 Å². The smallest absolute Gasteiger partial charge is 0.230 e. The van der Waals surface area contributed by atoms with Crippen LogP contribution in [0.2, 0.25) is 0 Å². The topological polar surface area (TPSA) is 34.0 Å². The minimum Gasteiger partial charge on any atom is -0.341 e. The number of para-hydroxylation sites is 1. The number of anilines is 1. The molecule has 3 aromatic rings. The van der Waals surface area contributed by atoms with Crippen LogP contribution in [0.25, 0.3) is 21.8 Å². The van der Waals surface area contributed by atoms with Gasteiger partial charge in [-0.3, -0.25) is 4.79 Å². The number of nitrogens with one attached hydrogen (secondary N) is 1. The number of fused-ring (bicyclic) bond motifs is 3. The number of nitrogens with zero attached hydrogens (tertiary/aromatic N) is 1. The van der Waals surface area contributed by atoms with E-state index in [2.05, 4.69) is 59.3 Å². The molecule has 0 unspecified atom stereocenters. The van der Waals surface area contributed by atoms with Crippen molar-refractivity contribution in [2.24, 2.45) is 23.2 Å². The fourth-order valence-corrected chi connectivity index (χ4v) is 7.12. The number of aryl methyl sites for hydroxylation is 1. The molecule has 1 amide bonds. The van der Waals surface area contributed by atoms with Crippen LogP contribution in [0.3, 0.4) is 0 Å². The van der Waals surface area contributed by atoms with Gasteiger partial charge in [-0.1, -0.05) is 24.3 Å². The van der Waals surface area contributed by atoms with Gasteiger partial charge in [-0.05, 0) is 81.4 Å². The number of hydrogen-bond donors (Lipinski definition) is 1. The van der Waals surface area contributed by atoms with E-state index in [9.17, 15) is 4.79 Å². The zero-order chi connectivity index (χ0) is 18.9. The molecular formula is C25H28N2O. The maximum Gasteiger partial charge on any atom is 0.230 e. The summed E-state index contributed by atoms with van der Waals surface area (Å²) in [5.74, 6) is 2.66. The molecule has 0 saturated heterocycles. The monoisotopic (exact) mass is 372 g/mol. The molecule has 4 aliphatic carbocycles. The van der Waals surface area contributed by atoms with E-state index in [0.29, 0.717) is 0 Å². The van der Waals surface area contributed by atoms with Crippen LogP contribution in [0.5, 0.6) is 0 Å². The lowest BCUT2D eigenvalue weighted by Crippen LogP contribution is -2.51. The first-order chi connectivity index (χ1) is 13.6. The molecule has 0 radical (unpaired) electrons. The van der Waals surface area contributed by atoms with Crippen molar-refractivity contribution >= 4 is 33.4 Å². The minimum atomic E-state index is -0.0961. The molecule has 1 N–H and O–H groups in total. The van der Waals surface area contributed by atoms with E-state index < -0.39 is 0 Å². The Morgan fingerprint density at radius 2 is 1.61 bits per heavy atom. The minimum absolute atomic E-state index is 0.0961. The largest absolute Gasteiger partial charge is 0.341 e. The second-order valence-corrected chi connectivity index (χ2v) is 9.65. The van der Waals surface area contributed by atoms with Crippen LogP contribution in [0.4, 0.5) is 5.69 Å². The van der Waals surface area contributed by atoms with Crippen molar-refractivity contribution in [3.63, 3.8) is 0 Å². The van der Waals surface area contributed by atoms with Crippen LogP contribution < -0.4 is 5.32 Å². The number of carbonyl (C=O) groups is 1. The quantitative estimate of drug-likeness (QED) is 0.604. The van der Waals surface area contributed by atoms with E-state index in [0.717, 1.165) is 49.2 Å². The summed E-state index contributed by atoms with van der Waals surface area (Å²) in [6.45, 7) is 3.11. The van der Waals surface area contributed by atoms with Crippen molar-refractivity contribution in [1.29, 1.82) is 0 Å². The molecule has 1 aromatic heterocycles. The number of carbonyl (C=O) groups excluding carboxylic acids is 1. The summed E-state index contributed by atoms with van der Waals surface area (Å²) < 4.78 is 2.35. The summed E-state index contributed by atoms with van der Waals surface area (Å²) in [5.41, 5.74) is 3.34. The second kappa shape index (κ2) is 5.85. The van der Waals surface area contributed by atoms with E-state index in [1.807, 2.05) is 0 Å². The van der Waals surface area contributed by atoms with E-state index >= 15 is 0 Å². The van der Waals surface area contributed by atoms with Gasteiger partial charge in [0.1, 0.15) is 0 Å². The Balaban J connectivity index is 1.36. The predicted molar refractivity (Wildman–Crippen MR) is 114 cm³/mol. The first kappa shape index (κ1) is 16.6. The Morgan fingerprint density at radius 1 is 0.964 bits per heavy atom. The van der Waals surface area contributed by atoms with Crippen LogP contribution in [0, 0.1) is 23.2 Å². The summed E-state index contributed by atoms with van der Waals surface area (Å²) in [6.07, 6.45) is 7.45. The number of amides is 1. The molecular weight excluding hydrogens is 344 g/mol. The summed E-state index contributed by atoms with van der Waals surface area (Å²) >= 11 is 0. The van der Waals surface area contributed by atoms with E-state index in [-0.39, 0.29) is 11.3 Å². The highest BCUT2D eigenvalue weighted by Crippen LogP contribution is 2.60. The Bertz CT molecular complexity index is 1060. The molecule has 0 spiro atoms. The molecule has 3 heteroatoms. The zero-order valence-electron chi connectivity index (χ0n) is 16.6. The van der Waals surface area contributed by atoms with Gasteiger partial charge in [0.25, 0.3) is 0 Å². The fraction of sp³-hybridized carbons (Fsp3) is 0.480. The van der Waals surface area contributed by atoms with Gasteiger partial charge in [0, 0.05) is 28.5 Å². The molecule has 0 aliphatic heterocycles. The number of benzene rings is 2. The maximum atomic E-state index is 13.4. The Hall–Kier alpha value is -2.29. The molecule has 4 fully saturated rings. The van der Waals surface area contributed by atoms with Crippen LogP contribution >= 0.6 is 0 Å².